The SMILES string of the molecule is [2H]c1c([2H])c([2H])c(-c2nc(-c3cc([N+]#[C-])c(-n4c5ccccc5c5ccccc54)c(-n4c5ccc(-c6ccccc6)cc5c5c6oc7ccccc7c6ccc54)c3-n3c4ccccc4c4ccccc43)nc(-c3c([2H])c([2H])c([2H])c([2H])c3[2H])n2)c([2H])c1[2H]. The van der Waals surface area contributed by atoms with E-state index in [-0.39, 0.29) is 17.1 Å². The molecule has 16 aromatic rings. The third-order valence-electron chi connectivity index (χ3n) is 14.9. The Morgan fingerprint density at radius 1 is 0.372 bits per heavy atom. The minimum Gasteiger partial charge on any atom is -0.455 e. The predicted molar refractivity (Wildman–Crippen MR) is 318 cm³/mol. The molecule has 0 spiro atoms. The lowest BCUT2D eigenvalue weighted by Gasteiger charge is -2.26. The van der Waals surface area contributed by atoms with E-state index in [1.807, 2.05) is 127 Å². The molecule has 11 aromatic carbocycles. The van der Waals surface area contributed by atoms with E-state index < -0.39 is 83.2 Å². The Hall–Kier alpha value is -10.9. The van der Waals surface area contributed by atoms with Gasteiger partial charge in [0.1, 0.15) is 11.2 Å². The summed E-state index contributed by atoms with van der Waals surface area (Å²) in [7, 11) is 0. The number of hydrogen-bond acceptors (Lipinski definition) is 4. The zero-order chi connectivity index (χ0) is 60.1. The van der Waals surface area contributed by atoms with Gasteiger partial charge in [-0.15, -0.1) is 0 Å². The van der Waals surface area contributed by atoms with E-state index in [1.165, 1.54) is 0 Å². The Balaban J connectivity index is 1.19. The van der Waals surface area contributed by atoms with Crippen LogP contribution in [-0.4, -0.2) is 28.7 Å². The van der Waals surface area contributed by atoms with Crippen LogP contribution < -0.4 is 0 Å². The average Bonchev–Trinajstić information content (AvgIpc) is 1.52. The molecule has 0 radical (unpaired) electrons. The van der Waals surface area contributed by atoms with Gasteiger partial charge in [0.05, 0.1) is 75.8 Å². The molecule has 0 bridgehead atoms. The second-order valence-electron chi connectivity index (χ2n) is 19.0. The van der Waals surface area contributed by atoms with Crippen molar-refractivity contribution in [3.63, 3.8) is 0 Å². The standard InChI is InChI=1S/C70H41N7O/c1-71-55-42-54(70-73-68(44-23-7-3-8-24-44)72-69(74-70)45-25-9-4-10-26-45)64(75-56-32-16-11-27-47(56)48-28-12-17-33-57(48)75)66(65(55)76-58-34-18-13-29-49(58)50-30-14-19-35-59(50)76)77-60-39-37-46(43-21-5-2-6-22-43)41-53(60)63-61(77)40-38-52-51-31-15-20-36-62(51)78-67(52)63/h2-42H/i3D,4D,7D,8D,9D,10D,23D,24D,25D,26D. The Kier molecular flexibility index (Phi) is 7.57. The summed E-state index contributed by atoms with van der Waals surface area (Å²) in [5, 5.41) is 7.00. The highest BCUT2D eigenvalue weighted by Gasteiger charge is 2.32. The van der Waals surface area contributed by atoms with E-state index in [0.717, 1.165) is 81.8 Å². The molecule has 0 aliphatic carbocycles. The Morgan fingerprint density at radius 3 is 1.42 bits per heavy atom. The van der Waals surface area contributed by atoms with Crippen molar-refractivity contribution in [2.75, 3.05) is 0 Å². The molecule has 0 N–H and O–H groups in total. The lowest BCUT2D eigenvalue weighted by atomic mass is 10.0. The van der Waals surface area contributed by atoms with Gasteiger partial charge in [0.15, 0.2) is 17.5 Å². The summed E-state index contributed by atoms with van der Waals surface area (Å²) < 4.78 is 103. The number of aromatic nitrogens is 6. The van der Waals surface area contributed by atoms with Crippen molar-refractivity contribution >= 4 is 93.0 Å². The number of benzene rings is 11. The minimum atomic E-state index is -0.679. The molecular weight excluding hydrogens is 955 g/mol. The maximum atomic E-state index is 9.52. The summed E-state index contributed by atoms with van der Waals surface area (Å²) in [6.45, 7) is 9.52. The van der Waals surface area contributed by atoms with Gasteiger partial charge < -0.3 is 18.1 Å². The van der Waals surface area contributed by atoms with Crippen molar-refractivity contribution in [2.24, 2.45) is 0 Å². The monoisotopic (exact) mass is 1010 g/mol. The minimum absolute atomic E-state index is 0.107. The second kappa shape index (κ2) is 17.1. The summed E-state index contributed by atoms with van der Waals surface area (Å²) in [6, 6.07) is 55.5. The Bertz CT molecular complexity index is 5550. The molecule has 0 saturated heterocycles. The van der Waals surface area contributed by atoms with E-state index in [0.29, 0.717) is 33.7 Å². The molecule has 0 unspecified atom stereocenters. The van der Waals surface area contributed by atoms with Crippen LogP contribution in [0.1, 0.15) is 13.7 Å². The van der Waals surface area contributed by atoms with E-state index in [2.05, 4.69) is 73.1 Å². The van der Waals surface area contributed by atoms with Crippen molar-refractivity contribution in [1.82, 2.24) is 28.7 Å². The predicted octanol–water partition coefficient (Wildman–Crippen LogP) is 18.3. The first-order chi connectivity index (χ1) is 42.8. The Morgan fingerprint density at radius 2 is 0.846 bits per heavy atom. The zero-order valence-corrected chi connectivity index (χ0v) is 40.9. The summed E-state index contributed by atoms with van der Waals surface area (Å²) >= 11 is 0. The lowest BCUT2D eigenvalue weighted by Crippen LogP contribution is -2.12. The molecule has 8 heteroatoms. The van der Waals surface area contributed by atoms with Crippen molar-refractivity contribution in [3.8, 4) is 62.4 Å². The van der Waals surface area contributed by atoms with Gasteiger partial charge in [-0.25, -0.2) is 19.8 Å². The van der Waals surface area contributed by atoms with Crippen LogP contribution in [0.5, 0.6) is 0 Å². The number of hydrogen-bond donors (Lipinski definition) is 0. The fourth-order valence-corrected chi connectivity index (χ4v) is 11.7. The fourth-order valence-electron chi connectivity index (χ4n) is 11.7. The van der Waals surface area contributed by atoms with Crippen molar-refractivity contribution in [3.05, 3.63) is 260 Å². The first-order valence-corrected chi connectivity index (χ1v) is 25.2. The summed E-state index contributed by atoms with van der Waals surface area (Å²) in [4.78, 5) is 19.4. The molecule has 0 atom stereocenters. The second-order valence-corrected chi connectivity index (χ2v) is 19.0. The van der Waals surface area contributed by atoms with Crippen LogP contribution >= 0.6 is 0 Å². The highest BCUT2D eigenvalue weighted by Crippen LogP contribution is 2.51. The van der Waals surface area contributed by atoms with E-state index in [4.69, 9.17) is 27.6 Å². The van der Waals surface area contributed by atoms with Gasteiger partial charge in [0.25, 0.3) is 0 Å². The third-order valence-corrected chi connectivity index (χ3v) is 14.9. The van der Waals surface area contributed by atoms with Crippen molar-refractivity contribution < 1.29 is 18.1 Å². The molecule has 78 heavy (non-hydrogen) atoms. The quantitative estimate of drug-likeness (QED) is 0.149. The van der Waals surface area contributed by atoms with Crippen molar-refractivity contribution in [2.45, 2.75) is 0 Å². The lowest BCUT2D eigenvalue weighted by molar-refractivity contribution is 0.673. The average molecular weight is 1010 g/mol. The molecule has 8 nitrogen and oxygen atoms in total. The Labute approximate surface area is 460 Å². The molecule has 0 aliphatic rings. The molecule has 362 valence electrons. The maximum absolute atomic E-state index is 9.52. The van der Waals surface area contributed by atoms with Gasteiger partial charge in [-0.3, -0.25) is 0 Å². The van der Waals surface area contributed by atoms with Crippen LogP contribution in [0, 0.1) is 6.57 Å². The van der Waals surface area contributed by atoms with Gasteiger partial charge in [0, 0.05) is 54.4 Å². The van der Waals surface area contributed by atoms with Crippen LogP contribution in [-0.2, 0) is 0 Å². The van der Waals surface area contributed by atoms with Crippen LogP contribution in [0.25, 0.3) is 155 Å². The third kappa shape index (κ3) is 6.43. The molecule has 5 heterocycles. The summed E-state index contributed by atoms with van der Waals surface area (Å²) in [6.07, 6.45) is 0. The largest absolute Gasteiger partial charge is 0.455 e. The number of nitrogens with zero attached hydrogens (tertiary/aromatic N) is 7. The number of rotatable bonds is 7. The topological polar surface area (TPSA) is 71.0 Å². The molecule has 0 amide bonds. The van der Waals surface area contributed by atoms with Gasteiger partial charge in [-0.05, 0) is 71.8 Å². The smallest absolute Gasteiger partial charge is 0.213 e. The fraction of sp³-hybridized carbons (Fsp3) is 0. The normalized spacial score (nSPS) is 13.6. The van der Waals surface area contributed by atoms with Gasteiger partial charge >= 0.3 is 0 Å². The number of fused-ring (bicyclic) bond motifs is 13. The van der Waals surface area contributed by atoms with Crippen molar-refractivity contribution in [1.29, 1.82) is 0 Å². The number of para-hydroxylation sites is 5. The maximum Gasteiger partial charge on any atom is 0.213 e. The molecule has 16 rings (SSSR count). The zero-order valence-electron chi connectivity index (χ0n) is 50.9. The molecule has 5 aromatic heterocycles. The van der Waals surface area contributed by atoms with Crippen LogP contribution in [0.2, 0.25) is 0 Å². The van der Waals surface area contributed by atoms with Crippen LogP contribution in [0.4, 0.5) is 5.69 Å². The number of furan rings is 1. The summed E-state index contributed by atoms with van der Waals surface area (Å²) in [5.41, 5.74) is 8.42. The molecule has 0 fully saturated rings. The van der Waals surface area contributed by atoms with Gasteiger partial charge in [0.2, 0.25) is 5.69 Å². The molecule has 0 aliphatic heterocycles. The van der Waals surface area contributed by atoms with Crippen LogP contribution in [0.3, 0.4) is 0 Å². The van der Waals surface area contributed by atoms with E-state index in [1.54, 1.807) is 6.07 Å². The van der Waals surface area contributed by atoms with E-state index in [9.17, 15) is 12.1 Å². The van der Waals surface area contributed by atoms with Gasteiger partial charge in [-0.1, -0.05) is 188 Å². The first kappa shape index (κ1) is 34.6. The highest BCUT2D eigenvalue weighted by atomic mass is 16.3. The highest BCUT2D eigenvalue weighted by molar-refractivity contribution is 6.25. The van der Waals surface area contributed by atoms with Crippen LogP contribution in [0.15, 0.2) is 253 Å². The van der Waals surface area contributed by atoms with Gasteiger partial charge in [-0.2, -0.15) is 0 Å². The molecule has 0 saturated carbocycles. The molecular formula is C70H41N7O. The summed E-state index contributed by atoms with van der Waals surface area (Å²) in [5.74, 6) is -1.12. The first-order valence-electron chi connectivity index (χ1n) is 30.2. The van der Waals surface area contributed by atoms with E-state index >= 15 is 0 Å².